The van der Waals surface area contributed by atoms with Gasteiger partial charge in [-0.2, -0.15) is 0 Å². The summed E-state index contributed by atoms with van der Waals surface area (Å²) >= 11 is 0. The van der Waals surface area contributed by atoms with Gasteiger partial charge in [0.1, 0.15) is 0 Å². The van der Waals surface area contributed by atoms with Gasteiger partial charge in [-0.1, -0.05) is 6.92 Å². The van der Waals surface area contributed by atoms with Crippen molar-refractivity contribution in [3.63, 3.8) is 0 Å². The zero-order valence-electron chi connectivity index (χ0n) is 8.00. The van der Waals surface area contributed by atoms with Crippen molar-refractivity contribution >= 4 is 11.6 Å². The van der Waals surface area contributed by atoms with Crippen LogP contribution in [0.15, 0.2) is 18.3 Å². The number of nitrogens with one attached hydrogen (secondary N) is 1. The van der Waals surface area contributed by atoms with Crippen LogP contribution in [-0.2, 0) is 4.79 Å². The molecule has 0 saturated heterocycles. The Balaban J connectivity index is 2.54. The lowest BCUT2D eigenvalue weighted by molar-refractivity contribution is -0.116. The molecule has 0 spiro atoms. The Morgan fingerprint density at radius 2 is 2.31 bits per heavy atom. The molecular formula is C10H14N2O. The summed E-state index contributed by atoms with van der Waals surface area (Å²) in [6, 6.07) is 3.73. The molecule has 3 heteroatoms. The third-order valence-corrected chi connectivity index (χ3v) is 1.67. The van der Waals surface area contributed by atoms with E-state index in [0.29, 0.717) is 6.42 Å². The van der Waals surface area contributed by atoms with Crippen molar-refractivity contribution in [2.75, 3.05) is 5.32 Å². The average molecular weight is 178 g/mol. The highest BCUT2D eigenvalue weighted by Gasteiger charge is 1.99. The Hall–Kier alpha value is -1.38. The largest absolute Gasteiger partial charge is 0.325 e. The Morgan fingerprint density at radius 3 is 2.85 bits per heavy atom. The number of hydrogen-bond donors (Lipinski definition) is 1. The molecule has 0 unspecified atom stereocenters. The first-order valence-corrected chi connectivity index (χ1v) is 4.45. The first kappa shape index (κ1) is 9.71. The smallest absolute Gasteiger partial charge is 0.224 e. The Kier molecular flexibility index (Phi) is 3.43. The fourth-order valence-electron chi connectivity index (χ4n) is 0.992. The molecule has 1 aromatic rings. The van der Waals surface area contributed by atoms with Gasteiger partial charge in [-0.15, -0.1) is 0 Å². The highest BCUT2D eigenvalue weighted by Crippen LogP contribution is 2.05. The number of carbonyl (C=O) groups excluding carboxylic acids is 1. The van der Waals surface area contributed by atoms with Crippen molar-refractivity contribution in [1.82, 2.24) is 4.98 Å². The number of nitrogens with zero attached hydrogens (tertiary/aromatic N) is 1. The van der Waals surface area contributed by atoms with E-state index in [1.165, 1.54) is 0 Å². The van der Waals surface area contributed by atoms with Crippen LogP contribution in [0.2, 0.25) is 0 Å². The van der Waals surface area contributed by atoms with Crippen molar-refractivity contribution in [2.45, 2.75) is 26.7 Å². The minimum atomic E-state index is 0.0492. The van der Waals surface area contributed by atoms with E-state index in [4.69, 9.17) is 0 Å². The number of carbonyl (C=O) groups is 1. The van der Waals surface area contributed by atoms with Crippen LogP contribution in [0.5, 0.6) is 0 Å². The molecule has 0 fully saturated rings. The molecule has 0 radical (unpaired) electrons. The molecule has 1 heterocycles. The Morgan fingerprint density at radius 1 is 1.54 bits per heavy atom. The van der Waals surface area contributed by atoms with Crippen LogP contribution in [0.1, 0.15) is 25.5 Å². The van der Waals surface area contributed by atoms with Gasteiger partial charge in [-0.3, -0.25) is 9.78 Å². The standard InChI is InChI=1S/C10H14N2O/c1-3-4-10(13)12-9-6-5-8(2)11-7-9/h5-7H,3-4H2,1-2H3,(H,12,13). The van der Waals surface area contributed by atoms with Gasteiger partial charge in [-0.05, 0) is 25.5 Å². The van der Waals surface area contributed by atoms with Crippen LogP contribution in [-0.4, -0.2) is 10.9 Å². The average Bonchev–Trinajstić information content (AvgIpc) is 2.09. The van der Waals surface area contributed by atoms with Crippen LogP contribution in [0.25, 0.3) is 0 Å². The Bertz CT molecular complexity index is 279. The second kappa shape index (κ2) is 4.60. The number of aryl methyl sites for hydroxylation is 1. The van der Waals surface area contributed by atoms with Crippen LogP contribution in [0, 0.1) is 6.92 Å². The minimum Gasteiger partial charge on any atom is -0.325 e. The van der Waals surface area contributed by atoms with Crippen LogP contribution in [0.4, 0.5) is 5.69 Å². The van der Waals surface area contributed by atoms with Gasteiger partial charge in [0, 0.05) is 12.1 Å². The highest BCUT2D eigenvalue weighted by atomic mass is 16.1. The SMILES string of the molecule is CCCC(=O)Nc1ccc(C)nc1. The summed E-state index contributed by atoms with van der Waals surface area (Å²) in [7, 11) is 0. The molecule has 1 aromatic heterocycles. The van der Waals surface area contributed by atoms with Crippen molar-refractivity contribution in [3.8, 4) is 0 Å². The van der Waals surface area contributed by atoms with Gasteiger partial charge in [0.25, 0.3) is 0 Å². The summed E-state index contributed by atoms with van der Waals surface area (Å²) in [5, 5.41) is 2.77. The fraction of sp³-hybridized carbons (Fsp3) is 0.400. The van der Waals surface area contributed by atoms with Crippen molar-refractivity contribution < 1.29 is 4.79 Å². The fourth-order valence-corrected chi connectivity index (χ4v) is 0.992. The maximum atomic E-state index is 11.2. The number of pyridine rings is 1. The van der Waals surface area contributed by atoms with Crippen LogP contribution in [0.3, 0.4) is 0 Å². The number of rotatable bonds is 3. The molecule has 1 N–H and O–H groups in total. The molecule has 13 heavy (non-hydrogen) atoms. The molecule has 0 atom stereocenters. The van der Waals surface area contributed by atoms with Gasteiger partial charge in [-0.25, -0.2) is 0 Å². The molecule has 0 aliphatic carbocycles. The zero-order chi connectivity index (χ0) is 9.68. The van der Waals surface area contributed by atoms with E-state index in [0.717, 1.165) is 17.8 Å². The monoisotopic (exact) mass is 178 g/mol. The minimum absolute atomic E-state index is 0.0492. The predicted molar refractivity (Wildman–Crippen MR) is 52.5 cm³/mol. The van der Waals surface area contributed by atoms with E-state index >= 15 is 0 Å². The van der Waals surface area contributed by atoms with Gasteiger partial charge < -0.3 is 5.32 Å². The number of amides is 1. The second-order valence-electron chi connectivity index (χ2n) is 2.99. The molecule has 0 saturated carbocycles. The van der Waals surface area contributed by atoms with E-state index in [1.54, 1.807) is 6.20 Å². The lowest BCUT2D eigenvalue weighted by Crippen LogP contribution is -2.10. The van der Waals surface area contributed by atoms with Crippen molar-refractivity contribution in [3.05, 3.63) is 24.0 Å². The summed E-state index contributed by atoms with van der Waals surface area (Å²) in [5.41, 5.74) is 1.72. The summed E-state index contributed by atoms with van der Waals surface area (Å²) in [4.78, 5) is 15.2. The van der Waals surface area contributed by atoms with Gasteiger partial charge >= 0.3 is 0 Å². The summed E-state index contributed by atoms with van der Waals surface area (Å²) in [5.74, 6) is 0.0492. The quantitative estimate of drug-likeness (QED) is 0.770. The first-order chi connectivity index (χ1) is 6.22. The summed E-state index contributed by atoms with van der Waals surface area (Å²) in [6.07, 6.45) is 3.10. The molecule has 0 aliphatic rings. The maximum Gasteiger partial charge on any atom is 0.224 e. The van der Waals surface area contributed by atoms with Crippen molar-refractivity contribution in [2.24, 2.45) is 0 Å². The molecule has 1 rings (SSSR count). The van der Waals surface area contributed by atoms with E-state index in [1.807, 2.05) is 26.0 Å². The molecule has 0 aromatic carbocycles. The number of aromatic nitrogens is 1. The third-order valence-electron chi connectivity index (χ3n) is 1.67. The Labute approximate surface area is 78.2 Å². The molecule has 70 valence electrons. The third kappa shape index (κ3) is 3.23. The topological polar surface area (TPSA) is 42.0 Å². The van der Waals surface area contributed by atoms with Gasteiger partial charge in [0.15, 0.2) is 0 Å². The first-order valence-electron chi connectivity index (χ1n) is 4.45. The number of hydrogen-bond acceptors (Lipinski definition) is 2. The van der Waals surface area contributed by atoms with Gasteiger partial charge in [0.05, 0.1) is 11.9 Å². The van der Waals surface area contributed by atoms with E-state index in [-0.39, 0.29) is 5.91 Å². The predicted octanol–water partition coefficient (Wildman–Crippen LogP) is 2.13. The molecule has 3 nitrogen and oxygen atoms in total. The lowest BCUT2D eigenvalue weighted by Gasteiger charge is -2.03. The van der Waals surface area contributed by atoms with Crippen molar-refractivity contribution in [1.29, 1.82) is 0 Å². The van der Waals surface area contributed by atoms with Crippen LogP contribution >= 0.6 is 0 Å². The summed E-state index contributed by atoms with van der Waals surface area (Å²) in [6.45, 7) is 3.89. The van der Waals surface area contributed by atoms with Crippen LogP contribution < -0.4 is 5.32 Å². The zero-order valence-corrected chi connectivity index (χ0v) is 8.00. The second-order valence-corrected chi connectivity index (χ2v) is 2.99. The van der Waals surface area contributed by atoms with E-state index < -0.39 is 0 Å². The molecule has 1 amide bonds. The normalized spacial score (nSPS) is 9.69. The van der Waals surface area contributed by atoms with E-state index in [9.17, 15) is 4.79 Å². The molecule has 0 aliphatic heterocycles. The summed E-state index contributed by atoms with van der Waals surface area (Å²) < 4.78 is 0. The maximum absolute atomic E-state index is 11.2. The molecular weight excluding hydrogens is 164 g/mol. The van der Waals surface area contributed by atoms with Gasteiger partial charge in [0.2, 0.25) is 5.91 Å². The lowest BCUT2D eigenvalue weighted by atomic mass is 10.3. The highest BCUT2D eigenvalue weighted by molar-refractivity contribution is 5.90. The van der Waals surface area contributed by atoms with E-state index in [2.05, 4.69) is 10.3 Å². The molecule has 0 bridgehead atoms. The number of anilines is 1.